The van der Waals surface area contributed by atoms with Crippen molar-refractivity contribution in [2.75, 3.05) is 0 Å². The molecule has 0 N–H and O–H groups in total. The molecule has 1 fully saturated rings. The van der Waals surface area contributed by atoms with Crippen molar-refractivity contribution in [2.45, 2.75) is 44.3 Å². The summed E-state index contributed by atoms with van der Waals surface area (Å²) in [5, 5.41) is 6.68. The molecule has 1 aromatic rings. The lowest BCUT2D eigenvalue weighted by Crippen LogP contribution is -2.11. The average Bonchev–Trinajstić information content (AvgIpc) is 2.93. The van der Waals surface area contributed by atoms with E-state index in [0.717, 1.165) is 12.8 Å². The lowest BCUT2D eigenvalue weighted by molar-refractivity contribution is 0.511. The summed E-state index contributed by atoms with van der Waals surface area (Å²) in [4.78, 5) is 0. The van der Waals surface area contributed by atoms with E-state index in [0.29, 0.717) is 18.3 Å². The number of hydrogen-bond acceptors (Lipinski definition) is 4. The monoisotopic (exact) mass is 247 g/mol. The number of halogens is 1. The number of rotatable bonds is 4. The third-order valence-electron chi connectivity index (χ3n) is 3.02. The topological polar surface area (TPSA) is 64.8 Å². The highest BCUT2D eigenvalue weighted by Crippen LogP contribution is 2.41. The van der Waals surface area contributed by atoms with Crippen molar-refractivity contribution >= 4 is 10.2 Å². The van der Waals surface area contributed by atoms with Gasteiger partial charge in [0.15, 0.2) is 0 Å². The van der Waals surface area contributed by atoms with Crippen molar-refractivity contribution in [2.24, 2.45) is 5.92 Å². The molecule has 0 saturated heterocycles. The molecule has 0 aliphatic heterocycles. The molecule has 2 rings (SSSR count). The maximum Gasteiger partial charge on any atom is 0.368 e. The van der Waals surface area contributed by atoms with Gasteiger partial charge in [0, 0.05) is 12.5 Å². The Morgan fingerprint density at radius 3 is 2.56 bits per heavy atom. The van der Waals surface area contributed by atoms with Crippen LogP contribution in [0.5, 0.6) is 0 Å². The van der Waals surface area contributed by atoms with Gasteiger partial charge in [-0.2, -0.15) is 8.42 Å². The molecule has 1 unspecified atom stereocenters. The van der Waals surface area contributed by atoms with Gasteiger partial charge in [-0.25, -0.2) is 0 Å². The quantitative estimate of drug-likeness (QED) is 0.756. The molecule has 1 aliphatic carbocycles. The third-order valence-corrected chi connectivity index (χ3v) is 3.75. The van der Waals surface area contributed by atoms with Gasteiger partial charge >= 0.3 is 10.2 Å². The highest BCUT2D eigenvalue weighted by molar-refractivity contribution is 7.86. The van der Waals surface area contributed by atoms with E-state index < -0.39 is 15.4 Å². The lowest BCUT2D eigenvalue weighted by Gasteiger charge is -2.10. The van der Waals surface area contributed by atoms with Crippen molar-refractivity contribution in [3.8, 4) is 0 Å². The summed E-state index contributed by atoms with van der Waals surface area (Å²) >= 11 is 0. The summed E-state index contributed by atoms with van der Waals surface area (Å²) < 4.78 is 35.9. The van der Waals surface area contributed by atoms with E-state index in [2.05, 4.69) is 10.2 Å². The highest BCUT2D eigenvalue weighted by atomic mass is 32.3. The molecule has 1 saturated carbocycles. The Morgan fingerprint density at radius 1 is 1.50 bits per heavy atom. The van der Waals surface area contributed by atoms with Crippen LogP contribution in [0.4, 0.5) is 3.89 Å². The maximum atomic E-state index is 12.9. The standard InChI is InChI=1S/C9H14FN3O2S/c1-3-13-8(6(2)7-4-5-7)11-12-9(13)16(10,14)15/h6-7H,3-5H2,1-2H3. The summed E-state index contributed by atoms with van der Waals surface area (Å²) in [7, 11) is -4.77. The fourth-order valence-electron chi connectivity index (χ4n) is 1.92. The average molecular weight is 247 g/mol. The van der Waals surface area contributed by atoms with Crippen molar-refractivity contribution in [1.82, 2.24) is 14.8 Å². The Hall–Kier alpha value is -0.980. The first-order valence-corrected chi connectivity index (χ1v) is 6.71. The van der Waals surface area contributed by atoms with Gasteiger partial charge < -0.3 is 0 Å². The van der Waals surface area contributed by atoms with Crippen molar-refractivity contribution < 1.29 is 12.3 Å². The fourth-order valence-corrected chi connectivity index (χ4v) is 2.55. The molecule has 5 nitrogen and oxygen atoms in total. The zero-order chi connectivity index (χ0) is 11.9. The second-order valence-corrected chi connectivity index (χ2v) is 5.39. The van der Waals surface area contributed by atoms with E-state index in [1.165, 1.54) is 4.57 Å². The van der Waals surface area contributed by atoms with Crippen LogP contribution in [0.25, 0.3) is 0 Å². The van der Waals surface area contributed by atoms with Gasteiger partial charge in [-0.3, -0.25) is 4.57 Å². The van der Waals surface area contributed by atoms with Gasteiger partial charge in [0.05, 0.1) is 0 Å². The molecule has 0 amide bonds. The van der Waals surface area contributed by atoms with E-state index in [1.807, 2.05) is 6.92 Å². The Bertz CT molecular complexity index is 493. The molecule has 0 radical (unpaired) electrons. The van der Waals surface area contributed by atoms with Crippen molar-refractivity contribution in [3.63, 3.8) is 0 Å². The molecule has 16 heavy (non-hydrogen) atoms. The molecule has 0 bridgehead atoms. The van der Waals surface area contributed by atoms with Gasteiger partial charge in [-0.1, -0.05) is 10.8 Å². The highest BCUT2D eigenvalue weighted by Gasteiger charge is 2.34. The van der Waals surface area contributed by atoms with Crippen LogP contribution in [0.15, 0.2) is 5.16 Å². The number of aromatic nitrogens is 3. The third kappa shape index (κ3) is 1.95. The second kappa shape index (κ2) is 3.80. The van der Waals surface area contributed by atoms with Gasteiger partial charge in [0.2, 0.25) is 0 Å². The normalized spacial score (nSPS) is 18.7. The van der Waals surface area contributed by atoms with Crippen LogP contribution in [0, 0.1) is 5.92 Å². The van der Waals surface area contributed by atoms with Crippen molar-refractivity contribution in [1.29, 1.82) is 0 Å². The van der Waals surface area contributed by atoms with E-state index in [9.17, 15) is 12.3 Å². The van der Waals surface area contributed by atoms with E-state index in [4.69, 9.17) is 0 Å². The molecule has 1 aliphatic rings. The number of nitrogens with zero attached hydrogens (tertiary/aromatic N) is 3. The van der Waals surface area contributed by atoms with Gasteiger partial charge in [0.1, 0.15) is 5.82 Å². The first kappa shape index (κ1) is 11.5. The molecule has 7 heteroatoms. The van der Waals surface area contributed by atoms with Crippen LogP contribution >= 0.6 is 0 Å². The first-order valence-electron chi connectivity index (χ1n) is 5.33. The summed E-state index contributed by atoms with van der Waals surface area (Å²) in [6, 6.07) is 0. The smallest absolute Gasteiger partial charge is 0.300 e. The molecule has 1 aromatic heterocycles. The molecule has 1 atom stereocenters. The van der Waals surface area contributed by atoms with Crippen molar-refractivity contribution in [3.05, 3.63) is 5.82 Å². The molecule has 90 valence electrons. The summed E-state index contributed by atoms with van der Waals surface area (Å²) in [5.41, 5.74) is 0. The Labute approximate surface area is 93.9 Å². The first-order chi connectivity index (χ1) is 7.45. The van der Waals surface area contributed by atoms with Crippen LogP contribution in [0.3, 0.4) is 0 Å². The van der Waals surface area contributed by atoms with Crippen LogP contribution in [-0.2, 0) is 16.8 Å². The predicted molar refractivity (Wildman–Crippen MR) is 55.1 cm³/mol. The van der Waals surface area contributed by atoms with Crippen LogP contribution in [0.2, 0.25) is 0 Å². The SMILES string of the molecule is CCn1c(C(C)C2CC2)nnc1S(=O)(=O)F. The van der Waals surface area contributed by atoms with Crippen LogP contribution in [0.1, 0.15) is 38.4 Å². The minimum Gasteiger partial charge on any atom is -0.300 e. The van der Waals surface area contributed by atoms with Gasteiger partial charge in [0.25, 0.3) is 5.16 Å². The van der Waals surface area contributed by atoms with Crippen LogP contribution in [-0.4, -0.2) is 23.2 Å². The Balaban J connectivity index is 2.43. The Kier molecular flexibility index (Phi) is 2.73. The lowest BCUT2D eigenvalue weighted by atomic mass is 10.1. The van der Waals surface area contributed by atoms with E-state index in [1.54, 1.807) is 6.92 Å². The zero-order valence-corrected chi connectivity index (χ0v) is 10.0. The maximum absolute atomic E-state index is 12.9. The van der Waals surface area contributed by atoms with E-state index >= 15 is 0 Å². The molecular weight excluding hydrogens is 233 g/mol. The summed E-state index contributed by atoms with van der Waals surface area (Å²) in [6.45, 7) is 4.08. The minimum absolute atomic E-state index is 0.142. The van der Waals surface area contributed by atoms with E-state index in [-0.39, 0.29) is 5.92 Å². The predicted octanol–water partition coefficient (Wildman–Crippen LogP) is 1.47. The molecular formula is C9H14FN3O2S. The zero-order valence-electron chi connectivity index (χ0n) is 9.22. The summed E-state index contributed by atoms with van der Waals surface area (Å²) in [6.07, 6.45) is 2.24. The minimum atomic E-state index is -4.77. The second-order valence-electron chi connectivity index (χ2n) is 4.15. The molecule has 0 spiro atoms. The van der Waals surface area contributed by atoms with Gasteiger partial charge in [-0.15, -0.1) is 10.2 Å². The molecule has 1 heterocycles. The van der Waals surface area contributed by atoms with Gasteiger partial charge in [-0.05, 0) is 25.7 Å². The Morgan fingerprint density at radius 2 is 2.12 bits per heavy atom. The largest absolute Gasteiger partial charge is 0.368 e. The summed E-state index contributed by atoms with van der Waals surface area (Å²) in [5.74, 6) is 1.24. The van der Waals surface area contributed by atoms with Crippen LogP contribution < -0.4 is 0 Å². The number of hydrogen-bond donors (Lipinski definition) is 0. The fraction of sp³-hybridized carbons (Fsp3) is 0.778. The molecule has 0 aromatic carbocycles.